The van der Waals surface area contributed by atoms with Crippen molar-refractivity contribution >= 4 is 17.3 Å². The smallest absolute Gasteiger partial charge is 0.164 e. The summed E-state index contributed by atoms with van der Waals surface area (Å²) in [6, 6.07) is 5.23. The van der Waals surface area contributed by atoms with E-state index >= 15 is 0 Å². The molecule has 0 aliphatic heterocycles. The third-order valence-electron chi connectivity index (χ3n) is 3.83. The lowest BCUT2D eigenvalue weighted by atomic mass is 9.64. The van der Waals surface area contributed by atoms with Gasteiger partial charge in [0.1, 0.15) is 0 Å². The molecule has 1 N–H and O–H groups in total. The first kappa shape index (κ1) is 13.6. The van der Waals surface area contributed by atoms with E-state index in [4.69, 9.17) is 16.3 Å². The predicted molar refractivity (Wildman–Crippen MR) is 72.6 cm³/mol. The fraction of sp³-hybridized carbons (Fsp3) is 0.571. The number of halogens is 2. The summed E-state index contributed by atoms with van der Waals surface area (Å²) in [5.74, 6) is -0.380. The van der Waals surface area contributed by atoms with E-state index in [9.17, 15) is 4.39 Å². The van der Waals surface area contributed by atoms with Crippen LogP contribution < -0.4 is 5.32 Å². The first-order valence-corrected chi connectivity index (χ1v) is 6.66. The Morgan fingerprint density at radius 1 is 1.50 bits per heavy atom. The van der Waals surface area contributed by atoms with Gasteiger partial charge in [-0.1, -0.05) is 31.5 Å². The van der Waals surface area contributed by atoms with Crippen molar-refractivity contribution in [2.45, 2.75) is 39.3 Å². The van der Waals surface area contributed by atoms with Crippen LogP contribution in [0.4, 0.5) is 10.1 Å². The van der Waals surface area contributed by atoms with E-state index in [0.29, 0.717) is 12.3 Å². The van der Waals surface area contributed by atoms with E-state index in [1.165, 1.54) is 0 Å². The van der Waals surface area contributed by atoms with Gasteiger partial charge in [0.2, 0.25) is 0 Å². The highest BCUT2D eigenvalue weighted by Gasteiger charge is 2.49. The van der Waals surface area contributed by atoms with Crippen molar-refractivity contribution in [2.75, 3.05) is 11.9 Å². The number of anilines is 1. The second-order valence-electron chi connectivity index (χ2n) is 5.30. The summed E-state index contributed by atoms with van der Waals surface area (Å²) in [4.78, 5) is 0. The van der Waals surface area contributed by atoms with Gasteiger partial charge in [0.15, 0.2) is 5.82 Å². The summed E-state index contributed by atoms with van der Waals surface area (Å²) in [6.45, 7) is 6.98. The molecule has 0 spiro atoms. The zero-order valence-corrected chi connectivity index (χ0v) is 11.7. The van der Waals surface area contributed by atoms with E-state index in [-0.39, 0.29) is 28.4 Å². The molecule has 2 rings (SSSR count). The van der Waals surface area contributed by atoms with Crippen LogP contribution in [-0.4, -0.2) is 18.8 Å². The van der Waals surface area contributed by atoms with Crippen LogP contribution in [0.25, 0.3) is 0 Å². The first-order valence-electron chi connectivity index (χ1n) is 6.29. The Labute approximate surface area is 112 Å². The number of rotatable bonds is 4. The summed E-state index contributed by atoms with van der Waals surface area (Å²) >= 11 is 5.77. The highest BCUT2D eigenvalue weighted by atomic mass is 35.5. The summed E-state index contributed by atoms with van der Waals surface area (Å²) in [5.41, 5.74) is 0.473. The SMILES string of the molecule is CCOC1CC(Nc2cccc(Cl)c2F)C1(C)C. The van der Waals surface area contributed by atoms with E-state index < -0.39 is 0 Å². The molecule has 1 aliphatic rings. The summed E-state index contributed by atoms with van der Waals surface area (Å²) in [6.07, 6.45) is 1.13. The fourth-order valence-electron chi connectivity index (χ4n) is 2.42. The quantitative estimate of drug-likeness (QED) is 0.890. The highest BCUT2D eigenvalue weighted by Crippen LogP contribution is 2.44. The first-order chi connectivity index (χ1) is 8.46. The second kappa shape index (κ2) is 5.06. The summed E-state index contributed by atoms with van der Waals surface area (Å²) in [7, 11) is 0. The Morgan fingerprint density at radius 3 is 2.83 bits per heavy atom. The maximum absolute atomic E-state index is 13.8. The van der Waals surface area contributed by atoms with Crippen molar-refractivity contribution in [3.8, 4) is 0 Å². The zero-order chi connectivity index (χ0) is 13.3. The van der Waals surface area contributed by atoms with Crippen LogP contribution in [0.3, 0.4) is 0 Å². The molecule has 0 aromatic heterocycles. The molecule has 2 atom stereocenters. The van der Waals surface area contributed by atoms with E-state index in [1.54, 1.807) is 18.2 Å². The zero-order valence-electron chi connectivity index (χ0n) is 11.0. The average Bonchev–Trinajstić information content (AvgIpc) is 2.33. The van der Waals surface area contributed by atoms with Crippen LogP contribution in [0.1, 0.15) is 27.2 Å². The number of nitrogens with one attached hydrogen (secondary N) is 1. The Kier molecular flexibility index (Phi) is 3.83. The van der Waals surface area contributed by atoms with Gasteiger partial charge in [0.25, 0.3) is 0 Å². The van der Waals surface area contributed by atoms with E-state index in [0.717, 1.165) is 6.42 Å². The van der Waals surface area contributed by atoms with Gasteiger partial charge in [-0.15, -0.1) is 0 Å². The number of benzene rings is 1. The van der Waals surface area contributed by atoms with Gasteiger partial charge in [0, 0.05) is 18.1 Å². The Balaban J connectivity index is 2.06. The van der Waals surface area contributed by atoms with Gasteiger partial charge in [0.05, 0.1) is 16.8 Å². The van der Waals surface area contributed by atoms with Crippen molar-refractivity contribution in [1.29, 1.82) is 0 Å². The number of ether oxygens (including phenoxy) is 1. The minimum atomic E-state index is -0.380. The summed E-state index contributed by atoms with van der Waals surface area (Å²) < 4.78 is 19.4. The summed E-state index contributed by atoms with van der Waals surface area (Å²) in [5, 5.41) is 3.38. The number of hydrogen-bond acceptors (Lipinski definition) is 2. The van der Waals surface area contributed by atoms with Gasteiger partial charge in [-0.05, 0) is 25.5 Å². The molecule has 1 saturated carbocycles. The Morgan fingerprint density at radius 2 is 2.22 bits per heavy atom. The van der Waals surface area contributed by atoms with Gasteiger partial charge in [-0.25, -0.2) is 4.39 Å². The third-order valence-corrected chi connectivity index (χ3v) is 4.12. The molecule has 0 amide bonds. The van der Waals surface area contributed by atoms with Crippen LogP contribution >= 0.6 is 11.6 Å². The fourth-order valence-corrected chi connectivity index (χ4v) is 2.59. The Hall–Kier alpha value is -0.800. The molecule has 1 aliphatic carbocycles. The van der Waals surface area contributed by atoms with Crippen LogP contribution in [0.15, 0.2) is 18.2 Å². The lowest BCUT2D eigenvalue weighted by molar-refractivity contribution is -0.0976. The minimum absolute atomic E-state index is 0.00473. The molecular weight excluding hydrogens is 253 g/mol. The minimum Gasteiger partial charge on any atom is -0.379 e. The highest BCUT2D eigenvalue weighted by molar-refractivity contribution is 6.31. The van der Waals surface area contributed by atoms with Crippen LogP contribution in [0, 0.1) is 11.2 Å². The molecule has 100 valence electrons. The monoisotopic (exact) mass is 271 g/mol. The number of hydrogen-bond donors (Lipinski definition) is 1. The van der Waals surface area contributed by atoms with Gasteiger partial charge in [-0.3, -0.25) is 0 Å². The normalized spacial score (nSPS) is 25.6. The van der Waals surface area contributed by atoms with Gasteiger partial charge >= 0.3 is 0 Å². The van der Waals surface area contributed by atoms with E-state index in [2.05, 4.69) is 19.2 Å². The average molecular weight is 272 g/mol. The van der Waals surface area contributed by atoms with E-state index in [1.807, 2.05) is 6.92 Å². The van der Waals surface area contributed by atoms with Crippen LogP contribution in [0.2, 0.25) is 5.02 Å². The van der Waals surface area contributed by atoms with Crippen LogP contribution in [-0.2, 0) is 4.74 Å². The molecule has 0 bridgehead atoms. The molecule has 1 aromatic carbocycles. The largest absolute Gasteiger partial charge is 0.379 e. The van der Waals surface area contributed by atoms with Crippen molar-refractivity contribution < 1.29 is 9.13 Å². The lowest BCUT2D eigenvalue weighted by Gasteiger charge is -2.52. The maximum Gasteiger partial charge on any atom is 0.164 e. The van der Waals surface area contributed by atoms with Gasteiger partial charge < -0.3 is 10.1 Å². The molecule has 0 radical (unpaired) electrons. The topological polar surface area (TPSA) is 21.3 Å². The third kappa shape index (κ3) is 2.34. The standard InChI is InChI=1S/C14H19ClFNO/c1-4-18-12-8-11(14(12,2)3)17-10-7-5-6-9(15)13(10)16/h5-7,11-12,17H,4,8H2,1-3H3. The van der Waals surface area contributed by atoms with Crippen molar-refractivity contribution in [3.05, 3.63) is 29.0 Å². The van der Waals surface area contributed by atoms with Crippen LogP contribution in [0.5, 0.6) is 0 Å². The molecule has 1 fully saturated rings. The second-order valence-corrected chi connectivity index (χ2v) is 5.71. The molecule has 2 unspecified atom stereocenters. The molecule has 2 nitrogen and oxygen atoms in total. The molecular formula is C14H19ClFNO. The van der Waals surface area contributed by atoms with Crippen molar-refractivity contribution in [1.82, 2.24) is 0 Å². The lowest BCUT2D eigenvalue weighted by Crippen LogP contribution is -2.58. The molecule has 0 heterocycles. The molecule has 18 heavy (non-hydrogen) atoms. The van der Waals surface area contributed by atoms with Crippen molar-refractivity contribution in [2.24, 2.45) is 5.41 Å². The van der Waals surface area contributed by atoms with Gasteiger partial charge in [-0.2, -0.15) is 0 Å². The molecule has 0 saturated heterocycles. The Bertz CT molecular complexity index is 436. The molecule has 1 aromatic rings. The molecule has 4 heteroatoms. The predicted octanol–water partition coefficient (Wildman–Crippen LogP) is 4.09. The van der Waals surface area contributed by atoms with Crippen molar-refractivity contribution in [3.63, 3.8) is 0 Å². The maximum atomic E-state index is 13.8.